The molecule has 0 fully saturated rings. The standard InChI is InChI=1S/C18H21N3O2S2/c1-3-11-21-17-10-9-15(25(19,22)23)12-16(17)20-18(21)24-13(2)14-7-5-4-6-8-14/h4-10,12-13H,3,11H2,1-2H3,(H2,19,22,23). The lowest BCUT2D eigenvalue weighted by atomic mass is 10.2. The van der Waals surface area contributed by atoms with Crippen LogP contribution in [0.1, 0.15) is 31.1 Å². The Bertz CT molecular complexity index is 982. The minimum atomic E-state index is -3.73. The number of benzene rings is 2. The molecule has 25 heavy (non-hydrogen) atoms. The first-order chi connectivity index (χ1) is 11.9. The number of rotatable bonds is 6. The molecule has 1 heterocycles. The summed E-state index contributed by atoms with van der Waals surface area (Å²) in [5, 5.41) is 6.37. The highest BCUT2D eigenvalue weighted by atomic mass is 32.2. The van der Waals surface area contributed by atoms with Crippen molar-refractivity contribution >= 4 is 32.8 Å². The lowest BCUT2D eigenvalue weighted by Gasteiger charge is -2.13. The van der Waals surface area contributed by atoms with Crippen LogP contribution in [0.25, 0.3) is 11.0 Å². The Balaban J connectivity index is 2.03. The molecule has 2 N–H and O–H groups in total. The van der Waals surface area contributed by atoms with Crippen LogP contribution in [0.4, 0.5) is 0 Å². The number of primary sulfonamides is 1. The van der Waals surface area contributed by atoms with E-state index < -0.39 is 10.0 Å². The maximum absolute atomic E-state index is 11.6. The van der Waals surface area contributed by atoms with Gasteiger partial charge in [0.1, 0.15) is 0 Å². The number of hydrogen-bond donors (Lipinski definition) is 1. The molecule has 7 heteroatoms. The summed E-state index contributed by atoms with van der Waals surface area (Å²) in [7, 11) is -3.73. The minimum Gasteiger partial charge on any atom is -0.319 e. The van der Waals surface area contributed by atoms with E-state index in [2.05, 4.69) is 35.5 Å². The van der Waals surface area contributed by atoms with Gasteiger partial charge >= 0.3 is 0 Å². The Labute approximate surface area is 152 Å². The van der Waals surface area contributed by atoms with Gasteiger partial charge in [-0.2, -0.15) is 0 Å². The van der Waals surface area contributed by atoms with Crippen molar-refractivity contribution in [2.24, 2.45) is 5.14 Å². The van der Waals surface area contributed by atoms with Gasteiger partial charge in [-0.05, 0) is 37.1 Å². The normalized spacial score (nSPS) is 13.2. The largest absolute Gasteiger partial charge is 0.319 e. The van der Waals surface area contributed by atoms with E-state index in [-0.39, 0.29) is 10.1 Å². The van der Waals surface area contributed by atoms with E-state index in [0.29, 0.717) is 5.52 Å². The highest BCUT2D eigenvalue weighted by Gasteiger charge is 2.17. The van der Waals surface area contributed by atoms with Gasteiger partial charge in [-0.15, -0.1) is 0 Å². The second kappa shape index (κ2) is 7.19. The summed E-state index contributed by atoms with van der Waals surface area (Å²) >= 11 is 1.67. The number of nitrogens with zero attached hydrogens (tertiary/aromatic N) is 2. The van der Waals surface area contributed by atoms with Crippen molar-refractivity contribution < 1.29 is 8.42 Å². The number of nitrogens with two attached hydrogens (primary N) is 1. The van der Waals surface area contributed by atoms with Crippen molar-refractivity contribution in [2.45, 2.75) is 42.1 Å². The van der Waals surface area contributed by atoms with Crippen LogP contribution in [0.2, 0.25) is 0 Å². The predicted molar refractivity (Wildman–Crippen MR) is 102 cm³/mol. The number of aromatic nitrogens is 2. The van der Waals surface area contributed by atoms with Crippen LogP contribution in [0, 0.1) is 0 Å². The van der Waals surface area contributed by atoms with Crippen LogP contribution in [-0.4, -0.2) is 18.0 Å². The number of sulfonamides is 1. The summed E-state index contributed by atoms with van der Waals surface area (Å²) in [5.74, 6) is 0. The molecule has 0 saturated heterocycles. The predicted octanol–water partition coefficient (Wildman–Crippen LogP) is 3.95. The first-order valence-corrected chi connectivity index (χ1v) is 10.6. The van der Waals surface area contributed by atoms with Crippen molar-refractivity contribution in [2.75, 3.05) is 0 Å². The van der Waals surface area contributed by atoms with Gasteiger partial charge in [0.05, 0.1) is 15.9 Å². The second-order valence-electron chi connectivity index (χ2n) is 5.91. The molecule has 132 valence electrons. The molecular formula is C18H21N3O2S2. The average molecular weight is 376 g/mol. The zero-order valence-corrected chi connectivity index (χ0v) is 15.8. The van der Waals surface area contributed by atoms with Gasteiger partial charge in [-0.25, -0.2) is 18.5 Å². The van der Waals surface area contributed by atoms with E-state index in [0.717, 1.165) is 23.6 Å². The van der Waals surface area contributed by atoms with Gasteiger partial charge in [0.15, 0.2) is 5.16 Å². The lowest BCUT2D eigenvalue weighted by molar-refractivity contribution is 0.598. The molecule has 0 aliphatic carbocycles. The number of hydrogen-bond acceptors (Lipinski definition) is 4. The topological polar surface area (TPSA) is 78.0 Å². The van der Waals surface area contributed by atoms with Gasteiger partial charge in [0.25, 0.3) is 0 Å². The van der Waals surface area contributed by atoms with Gasteiger partial charge in [0.2, 0.25) is 10.0 Å². The van der Waals surface area contributed by atoms with Crippen molar-refractivity contribution in [3.8, 4) is 0 Å². The summed E-state index contributed by atoms with van der Waals surface area (Å²) in [6.07, 6.45) is 0.968. The van der Waals surface area contributed by atoms with Crippen LogP contribution in [0.15, 0.2) is 58.6 Å². The van der Waals surface area contributed by atoms with Crippen LogP contribution in [-0.2, 0) is 16.6 Å². The Kier molecular flexibility index (Phi) is 5.17. The molecule has 0 bridgehead atoms. The Morgan fingerprint density at radius 1 is 1.20 bits per heavy atom. The molecule has 5 nitrogen and oxygen atoms in total. The van der Waals surface area contributed by atoms with Crippen LogP contribution in [0.3, 0.4) is 0 Å². The summed E-state index contributed by atoms with van der Waals surface area (Å²) in [5.41, 5.74) is 2.81. The van der Waals surface area contributed by atoms with Gasteiger partial charge in [0, 0.05) is 11.8 Å². The molecule has 3 aromatic rings. The molecule has 0 spiro atoms. The first kappa shape index (κ1) is 18.0. The highest BCUT2D eigenvalue weighted by molar-refractivity contribution is 7.99. The quantitative estimate of drug-likeness (QED) is 0.662. The summed E-state index contributed by atoms with van der Waals surface area (Å²) in [6.45, 7) is 5.08. The molecule has 0 saturated carbocycles. The molecule has 1 aromatic heterocycles. The third-order valence-corrected chi connectivity index (χ3v) is 6.07. The number of aryl methyl sites for hydroxylation is 1. The monoisotopic (exact) mass is 375 g/mol. The molecule has 0 aliphatic heterocycles. The van der Waals surface area contributed by atoms with E-state index in [1.807, 2.05) is 18.2 Å². The van der Waals surface area contributed by atoms with E-state index in [4.69, 9.17) is 5.14 Å². The second-order valence-corrected chi connectivity index (χ2v) is 8.78. The third-order valence-electron chi connectivity index (χ3n) is 4.01. The zero-order chi connectivity index (χ0) is 18.0. The first-order valence-electron chi connectivity index (χ1n) is 8.15. The molecule has 2 aromatic carbocycles. The molecular weight excluding hydrogens is 354 g/mol. The lowest BCUT2D eigenvalue weighted by Crippen LogP contribution is -2.11. The van der Waals surface area contributed by atoms with E-state index in [1.54, 1.807) is 30.0 Å². The molecule has 1 atom stereocenters. The van der Waals surface area contributed by atoms with Crippen molar-refractivity contribution in [3.63, 3.8) is 0 Å². The number of fused-ring (bicyclic) bond motifs is 1. The summed E-state index contributed by atoms with van der Waals surface area (Å²) < 4.78 is 25.3. The van der Waals surface area contributed by atoms with E-state index in [9.17, 15) is 8.42 Å². The third kappa shape index (κ3) is 3.89. The maximum Gasteiger partial charge on any atom is 0.238 e. The smallest absolute Gasteiger partial charge is 0.238 e. The van der Waals surface area contributed by atoms with Crippen molar-refractivity contribution in [1.29, 1.82) is 0 Å². The van der Waals surface area contributed by atoms with E-state index in [1.165, 1.54) is 5.56 Å². The van der Waals surface area contributed by atoms with Crippen molar-refractivity contribution in [3.05, 3.63) is 54.1 Å². The molecule has 0 aliphatic rings. The van der Waals surface area contributed by atoms with Gasteiger partial charge in [-0.1, -0.05) is 49.0 Å². The van der Waals surface area contributed by atoms with Gasteiger partial charge < -0.3 is 4.57 Å². The van der Waals surface area contributed by atoms with E-state index >= 15 is 0 Å². The minimum absolute atomic E-state index is 0.0915. The van der Waals surface area contributed by atoms with Crippen molar-refractivity contribution in [1.82, 2.24) is 9.55 Å². The Morgan fingerprint density at radius 2 is 1.92 bits per heavy atom. The highest BCUT2D eigenvalue weighted by Crippen LogP contribution is 2.36. The average Bonchev–Trinajstić information content (AvgIpc) is 2.92. The zero-order valence-electron chi connectivity index (χ0n) is 14.2. The summed E-state index contributed by atoms with van der Waals surface area (Å²) in [4.78, 5) is 4.77. The molecule has 0 radical (unpaired) electrons. The Morgan fingerprint density at radius 3 is 2.56 bits per heavy atom. The summed E-state index contributed by atoms with van der Waals surface area (Å²) in [6, 6.07) is 15.1. The fourth-order valence-electron chi connectivity index (χ4n) is 2.74. The fourth-order valence-corrected chi connectivity index (χ4v) is 4.36. The van der Waals surface area contributed by atoms with Crippen LogP contribution < -0.4 is 5.14 Å². The fraction of sp³-hybridized carbons (Fsp3) is 0.278. The molecule has 0 amide bonds. The van der Waals surface area contributed by atoms with Crippen LogP contribution >= 0.6 is 11.8 Å². The number of thioether (sulfide) groups is 1. The Hall–Kier alpha value is -1.83. The molecule has 1 unspecified atom stereocenters. The SMILES string of the molecule is CCCn1c(SC(C)c2ccccc2)nc2cc(S(N)(=O)=O)ccc21. The number of imidazole rings is 1. The van der Waals surface area contributed by atoms with Gasteiger partial charge in [-0.3, -0.25) is 0 Å². The van der Waals surface area contributed by atoms with Crippen LogP contribution in [0.5, 0.6) is 0 Å². The maximum atomic E-state index is 11.6. The molecule has 3 rings (SSSR count).